The van der Waals surface area contributed by atoms with Crippen molar-refractivity contribution in [3.05, 3.63) is 84.7 Å². The van der Waals surface area contributed by atoms with Crippen LogP contribution in [0, 0.1) is 5.82 Å². The molecule has 0 bridgehead atoms. The fourth-order valence-electron chi connectivity index (χ4n) is 3.67. The average molecular weight is 417 g/mol. The second-order valence-corrected chi connectivity index (χ2v) is 8.96. The zero-order chi connectivity index (χ0) is 20.9. The molecular formula is C23H16FN3O2S. The predicted octanol–water partition coefficient (Wildman–Crippen LogP) is 4.78. The topological polar surface area (TPSA) is 64.8 Å². The van der Waals surface area contributed by atoms with Crippen LogP contribution in [0.2, 0.25) is 0 Å². The fraction of sp³-hybridized carbons (Fsp3) is 0.0435. The Labute approximate surface area is 172 Å². The van der Waals surface area contributed by atoms with Gasteiger partial charge in [-0.15, -0.1) is 0 Å². The van der Waals surface area contributed by atoms with Crippen molar-refractivity contribution in [1.82, 2.24) is 14.5 Å². The second-order valence-electron chi connectivity index (χ2n) is 7.01. The molecule has 7 heteroatoms. The van der Waals surface area contributed by atoms with Crippen molar-refractivity contribution >= 4 is 32.0 Å². The lowest BCUT2D eigenvalue weighted by Gasteiger charge is -2.12. The number of hydrogen-bond acceptors (Lipinski definition) is 4. The summed E-state index contributed by atoms with van der Waals surface area (Å²) in [7, 11) is -3.67. The molecule has 0 atom stereocenters. The number of aromatic nitrogens is 3. The predicted molar refractivity (Wildman–Crippen MR) is 115 cm³/mol. The van der Waals surface area contributed by atoms with Crippen LogP contribution in [-0.4, -0.2) is 29.2 Å². The Bertz CT molecular complexity index is 1510. The van der Waals surface area contributed by atoms with E-state index >= 15 is 0 Å². The molecule has 0 spiro atoms. The molecule has 2 aromatic heterocycles. The van der Waals surface area contributed by atoms with E-state index < -0.39 is 9.84 Å². The van der Waals surface area contributed by atoms with Crippen molar-refractivity contribution in [2.24, 2.45) is 0 Å². The fourth-order valence-corrected chi connectivity index (χ4v) is 4.72. The van der Waals surface area contributed by atoms with E-state index in [4.69, 9.17) is 4.98 Å². The molecule has 0 unspecified atom stereocenters. The molecule has 0 saturated carbocycles. The standard InChI is InChI=1S/C23H16FN3O2S/c1-30(28,29)22-20-23(26-19-10-6-5-9-18(19)25-20)27(17-13-11-16(24)12-14-17)21(22)15-7-3-2-4-8-15/h2-14H,1H3. The lowest BCUT2D eigenvalue weighted by molar-refractivity contribution is 0.602. The van der Waals surface area contributed by atoms with Crippen molar-refractivity contribution in [2.45, 2.75) is 4.90 Å². The molecule has 3 aromatic carbocycles. The first-order valence-electron chi connectivity index (χ1n) is 9.26. The van der Waals surface area contributed by atoms with Crippen molar-refractivity contribution in [1.29, 1.82) is 0 Å². The Kier molecular flexibility index (Phi) is 4.15. The molecule has 0 saturated heterocycles. The highest BCUT2D eigenvalue weighted by molar-refractivity contribution is 7.91. The summed E-state index contributed by atoms with van der Waals surface area (Å²) in [5.74, 6) is -0.378. The van der Waals surface area contributed by atoms with Crippen LogP contribution < -0.4 is 0 Å². The monoisotopic (exact) mass is 417 g/mol. The number of para-hydroxylation sites is 2. The number of rotatable bonds is 3. The van der Waals surface area contributed by atoms with E-state index in [0.717, 1.165) is 0 Å². The molecule has 30 heavy (non-hydrogen) atoms. The minimum Gasteiger partial charge on any atom is -0.291 e. The van der Waals surface area contributed by atoms with Gasteiger partial charge in [-0.05, 0) is 42.0 Å². The minimum atomic E-state index is -3.67. The number of fused-ring (bicyclic) bond motifs is 2. The average Bonchev–Trinajstić information content (AvgIpc) is 3.08. The Morgan fingerprint density at radius 3 is 2.03 bits per heavy atom. The number of hydrogen-bond donors (Lipinski definition) is 0. The number of nitrogens with zero attached hydrogens (tertiary/aromatic N) is 3. The third-order valence-electron chi connectivity index (χ3n) is 4.92. The van der Waals surface area contributed by atoms with Crippen molar-refractivity contribution in [2.75, 3.05) is 6.26 Å². The summed E-state index contributed by atoms with van der Waals surface area (Å²) in [5.41, 5.74) is 3.69. The zero-order valence-electron chi connectivity index (χ0n) is 15.9. The van der Waals surface area contributed by atoms with Crippen LogP contribution in [0.15, 0.2) is 83.8 Å². The first kappa shape index (κ1) is 18.4. The van der Waals surface area contributed by atoms with Gasteiger partial charge in [0.2, 0.25) is 0 Å². The van der Waals surface area contributed by atoms with Crippen LogP contribution >= 0.6 is 0 Å². The smallest absolute Gasteiger partial charge is 0.179 e. The summed E-state index contributed by atoms with van der Waals surface area (Å²) < 4.78 is 41.2. The maximum Gasteiger partial charge on any atom is 0.179 e. The number of sulfone groups is 1. The van der Waals surface area contributed by atoms with Crippen molar-refractivity contribution in [3.8, 4) is 16.9 Å². The van der Waals surface area contributed by atoms with Gasteiger partial charge in [-0.25, -0.2) is 22.8 Å². The van der Waals surface area contributed by atoms with Crippen LogP contribution in [0.1, 0.15) is 0 Å². The van der Waals surface area contributed by atoms with Gasteiger partial charge in [-0.3, -0.25) is 4.57 Å². The molecule has 0 radical (unpaired) electrons. The summed E-state index contributed by atoms with van der Waals surface area (Å²) in [6.07, 6.45) is 1.17. The first-order valence-corrected chi connectivity index (χ1v) is 11.2. The Balaban J connectivity index is 2.04. The van der Waals surface area contributed by atoms with E-state index in [1.807, 2.05) is 48.5 Å². The molecule has 148 valence electrons. The third-order valence-corrected chi connectivity index (χ3v) is 6.05. The molecule has 5 nitrogen and oxygen atoms in total. The van der Waals surface area contributed by atoms with E-state index in [1.54, 1.807) is 22.8 Å². The van der Waals surface area contributed by atoms with Gasteiger partial charge in [0, 0.05) is 11.9 Å². The lowest BCUT2D eigenvalue weighted by Crippen LogP contribution is -2.02. The van der Waals surface area contributed by atoms with Crippen LogP contribution in [0.3, 0.4) is 0 Å². The van der Waals surface area contributed by atoms with Crippen LogP contribution in [0.4, 0.5) is 4.39 Å². The third kappa shape index (κ3) is 2.95. The molecule has 0 N–H and O–H groups in total. The molecule has 0 aliphatic carbocycles. The normalized spacial score (nSPS) is 11.9. The Hall–Kier alpha value is -3.58. The first-order chi connectivity index (χ1) is 14.4. The maximum absolute atomic E-state index is 13.6. The van der Waals surface area contributed by atoms with Gasteiger partial charge in [0.1, 0.15) is 16.2 Å². The summed E-state index contributed by atoms with van der Waals surface area (Å²) >= 11 is 0. The van der Waals surface area contributed by atoms with E-state index in [-0.39, 0.29) is 10.7 Å². The summed E-state index contributed by atoms with van der Waals surface area (Å²) in [6.45, 7) is 0. The molecule has 0 amide bonds. The van der Waals surface area contributed by atoms with Crippen LogP contribution in [-0.2, 0) is 9.84 Å². The van der Waals surface area contributed by atoms with Gasteiger partial charge < -0.3 is 0 Å². The molecular weight excluding hydrogens is 401 g/mol. The van der Waals surface area contributed by atoms with Gasteiger partial charge >= 0.3 is 0 Å². The lowest BCUT2D eigenvalue weighted by atomic mass is 10.1. The molecule has 0 aliphatic rings. The Morgan fingerprint density at radius 1 is 0.800 bits per heavy atom. The van der Waals surface area contributed by atoms with E-state index in [0.29, 0.717) is 39.1 Å². The summed E-state index contributed by atoms with van der Waals surface area (Å²) in [4.78, 5) is 9.50. The SMILES string of the molecule is CS(=O)(=O)c1c(-c2ccccc2)n(-c2ccc(F)cc2)c2nc3ccccc3nc12. The molecule has 0 fully saturated rings. The second kappa shape index (κ2) is 6.74. The van der Waals surface area contributed by atoms with Gasteiger partial charge in [0.25, 0.3) is 0 Å². The van der Waals surface area contributed by atoms with Crippen LogP contribution in [0.25, 0.3) is 39.1 Å². The summed E-state index contributed by atoms with van der Waals surface area (Å²) in [5, 5.41) is 0. The largest absolute Gasteiger partial charge is 0.291 e. The van der Waals surface area contributed by atoms with E-state index in [9.17, 15) is 12.8 Å². The quantitative estimate of drug-likeness (QED) is 0.424. The van der Waals surface area contributed by atoms with Gasteiger partial charge in [0.15, 0.2) is 15.5 Å². The molecule has 5 aromatic rings. The molecule has 0 aliphatic heterocycles. The number of benzene rings is 3. The highest BCUT2D eigenvalue weighted by atomic mass is 32.2. The Morgan fingerprint density at radius 2 is 1.40 bits per heavy atom. The van der Waals surface area contributed by atoms with Gasteiger partial charge in [-0.2, -0.15) is 0 Å². The highest BCUT2D eigenvalue weighted by Gasteiger charge is 2.28. The van der Waals surface area contributed by atoms with E-state index in [2.05, 4.69) is 4.98 Å². The van der Waals surface area contributed by atoms with Crippen molar-refractivity contribution in [3.63, 3.8) is 0 Å². The van der Waals surface area contributed by atoms with Crippen molar-refractivity contribution < 1.29 is 12.8 Å². The zero-order valence-corrected chi connectivity index (χ0v) is 16.8. The van der Waals surface area contributed by atoms with Gasteiger partial charge in [-0.1, -0.05) is 42.5 Å². The minimum absolute atomic E-state index is 0.103. The van der Waals surface area contributed by atoms with Crippen LogP contribution in [0.5, 0.6) is 0 Å². The molecule has 2 heterocycles. The molecule has 5 rings (SSSR count). The van der Waals surface area contributed by atoms with E-state index in [1.165, 1.54) is 18.4 Å². The van der Waals surface area contributed by atoms with Gasteiger partial charge in [0.05, 0.1) is 16.7 Å². The maximum atomic E-state index is 13.6. The summed E-state index contributed by atoms with van der Waals surface area (Å²) in [6, 6.07) is 22.4. The highest BCUT2D eigenvalue weighted by Crippen LogP contribution is 2.38. The number of halogens is 1.